The standard InChI is InChI=1S/C32H37N3O5/c1-26(36)33(23-27-11-5-2-6-12-27)20-17-30(37)34(24-28-13-7-3-8-14-28)21-18-31(38)35(22-19-32(39)40)25-29-15-9-4-10-16-29/h2-16H,17-25H2,1H3,(H,39,40). The Bertz CT molecular complexity index is 1240. The normalized spacial score (nSPS) is 10.5. The van der Waals surface area contributed by atoms with Crippen LogP contribution >= 0.6 is 0 Å². The third kappa shape index (κ3) is 10.4. The van der Waals surface area contributed by atoms with E-state index in [1.165, 1.54) is 11.8 Å². The molecular weight excluding hydrogens is 506 g/mol. The Labute approximate surface area is 235 Å². The minimum Gasteiger partial charge on any atom is -0.481 e. The molecule has 0 fully saturated rings. The molecule has 8 nitrogen and oxygen atoms in total. The lowest BCUT2D eigenvalue weighted by atomic mass is 10.1. The fourth-order valence-electron chi connectivity index (χ4n) is 4.35. The van der Waals surface area contributed by atoms with Crippen LogP contribution in [0.25, 0.3) is 0 Å². The largest absolute Gasteiger partial charge is 0.481 e. The number of aliphatic carboxylic acids is 1. The Balaban J connectivity index is 1.67. The van der Waals surface area contributed by atoms with Crippen LogP contribution in [0.4, 0.5) is 0 Å². The van der Waals surface area contributed by atoms with Gasteiger partial charge in [0.25, 0.3) is 0 Å². The summed E-state index contributed by atoms with van der Waals surface area (Å²) in [6.07, 6.45) is 0.0270. The molecule has 0 atom stereocenters. The van der Waals surface area contributed by atoms with E-state index in [1.807, 2.05) is 91.0 Å². The van der Waals surface area contributed by atoms with Crippen LogP contribution < -0.4 is 0 Å². The highest BCUT2D eigenvalue weighted by Crippen LogP contribution is 2.12. The smallest absolute Gasteiger partial charge is 0.305 e. The molecule has 0 aliphatic carbocycles. The maximum absolute atomic E-state index is 13.4. The van der Waals surface area contributed by atoms with Crippen LogP contribution in [-0.4, -0.2) is 63.1 Å². The highest BCUT2D eigenvalue weighted by molar-refractivity contribution is 5.80. The van der Waals surface area contributed by atoms with Crippen LogP contribution in [0.5, 0.6) is 0 Å². The van der Waals surface area contributed by atoms with Crippen molar-refractivity contribution in [2.45, 2.75) is 45.8 Å². The molecule has 0 aromatic heterocycles. The van der Waals surface area contributed by atoms with Crippen LogP contribution in [-0.2, 0) is 38.8 Å². The van der Waals surface area contributed by atoms with Gasteiger partial charge in [0.1, 0.15) is 0 Å². The molecule has 3 rings (SSSR count). The van der Waals surface area contributed by atoms with Gasteiger partial charge in [0.2, 0.25) is 17.7 Å². The number of hydrogen-bond acceptors (Lipinski definition) is 4. The minimum absolute atomic E-state index is 0.0610. The summed E-state index contributed by atoms with van der Waals surface area (Å²) in [4.78, 5) is 55.0. The molecule has 0 spiro atoms. The van der Waals surface area contributed by atoms with Gasteiger partial charge in [0.05, 0.1) is 6.42 Å². The van der Waals surface area contributed by atoms with Crippen molar-refractivity contribution in [1.82, 2.24) is 14.7 Å². The summed E-state index contributed by atoms with van der Waals surface area (Å²) in [5.74, 6) is -1.46. The van der Waals surface area contributed by atoms with Crippen LogP contribution in [0.1, 0.15) is 42.9 Å². The van der Waals surface area contributed by atoms with Crippen molar-refractivity contribution in [3.8, 4) is 0 Å². The molecule has 40 heavy (non-hydrogen) atoms. The zero-order chi connectivity index (χ0) is 28.7. The number of rotatable bonds is 15. The molecule has 0 heterocycles. The Kier molecular flexibility index (Phi) is 11.9. The lowest BCUT2D eigenvalue weighted by Crippen LogP contribution is -2.39. The number of amides is 3. The van der Waals surface area contributed by atoms with Gasteiger partial charge in [0.15, 0.2) is 0 Å². The second-order valence-corrected chi connectivity index (χ2v) is 9.67. The highest BCUT2D eigenvalue weighted by Gasteiger charge is 2.21. The number of benzene rings is 3. The van der Waals surface area contributed by atoms with E-state index in [2.05, 4.69) is 0 Å². The summed E-state index contributed by atoms with van der Waals surface area (Å²) in [5, 5.41) is 9.18. The minimum atomic E-state index is -0.975. The maximum Gasteiger partial charge on any atom is 0.305 e. The molecule has 210 valence electrons. The third-order valence-corrected chi connectivity index (χ3v) is 6.59. The van der Waals surface area contributed by atoms with Gasteiger partial charge in [-0.15, -0.1) is 0 Å². The summed E-state index contributed by atoms with van der Waals surface area (Å²) < 4.78 is 0. The van der Waals surface area contributed by atoms with E-state index in [0.717, 1.165) is 16.7 Å². The molecule has 0 aliphatic rings. The van der Waals surface area contributed by atoms with Gasteiger partial charge >= 0.3 is 5.97 Å². The molecule has 3 aromatic rings. The van der Waals surface area contributed by atoms with Crippen molar-refractivity contribution in [3.63, 3.8) is 0 Å². The molecule has 0 aliphatic heterocycles. The van der Waals surface area contributed by atoms with E-state index < -0.39 is 5.97 Å². The Morgan fingerprint density at radius 2 is 0.850 bits per heavy atom. The molecule has 1 N–H and O–H groups in total. The van der Waals surface area contributed by atoms with Crippen molar-refractivity contribution >= 4 is 23.7 Å². The SMILES string of the molecule is CC(=O)N(CCC(=O)N(CCC(=O)N(CCC(=O)O)Cc1ccccc1)Cc1ccccc1)Cc1ccccc1. The number of carboxylic acids is 1. The number of carbonyl (C=O) groups excluding carboxylic acids is 3. The summed E-state index contributed by atoms with van der Waals surface area (Å²) in [7, 11) is 0. The molecule has 0 bridgehead atoms. The summed E-state index contributed by atoms with van der Waals surface area (Å²) >= 11 is 0. The average molecular weight is 544 g/mol. The predicted molar refractivity (Wildman–Crippen MR) is 153 cm³/mol. The van der Waals surface area contributed by atoms with E-state index in [-0.39, 0.29) is 56.6 Å². The lowest BCUT2D eigenvalue weighted by molar-refractivity contribution is -0.139. The van der Waals surface area contributed by atoms with Crippen molar-refractivity contribution < 1.29 is 24.3 Å². The molecule has 0 saturated heterocycles. The van der Waals surface area contributed by atoms with E-state index >= 15 is 0 Å². The topological polar surface area (TPSA) is 98.2 Å². The van der Waals surface area contributed by atoms with Gasteiger partial charge in [-0.05, 0) is 16.7 Å². The fourth-order valence-corrected chi connectivity index (χ4v) is 4.35. The number of nitrogens with zero attached hydrogens (tertiary/aromatic N) is 3. The number of hydrogen-bond donors (Lipinski definition) is 1. The third-order valence-electron chi connectivity index (χ3n) is 6.59. The van der Waals surface area contributed by atoms with Crippen LogP contribution in [0.2, 0.25) is 0 Å². The van der Waals surface area contributed by atoms with E-state index in [4.69, 9.17) is 0 Å². The second-order valence-electron chi connectivity index (χ2n) is 9.67. The molecule has 0 unspecified atom stereocenters. The Morgan fingerprint density at radius 1 is 0.525 bits per heavy atom. The van der Waals surface area contributed by atoms with Gasteiger partial charge < -0.3 is 19.8 Å². The maximum atomic E-state index is 13.4. The van der Waals surface area contributed by atoms with Crippen LogP contribution in [0.15, 0.2) is 91.0 Å². The first-order chi connectivity index (χ1) is 19.3. The van der Waals surface area contributed by atoms with E-state index in [1.54, 1.807) is 9.80 Å². The highest BCUT2D eigenvalue weighted by atomic mass is 16.4. The van der Waals surface area contributed by atoms with E-state index in [9.17, 15) is 24.3 Å². The van der Waals surface area contributed by atoms with Crippen LogP contribution in [0, 0.1) is 0 Å². The fraction of sp³-hybridized carbons (Fsp3) is 0.312. The molecule has 8 heteroatoms. The number of carboxylic acid groups (broad SMARTS) is 1. The Hall–Kier alpha value is -4.46. The monoisotopic (exact) mass is 543 g/mol. The van der Waals surface area contributed by atoms with Crippen LogP contribution in [0.3, 0.4) is 0 Å². The zero-order valence-electron chi connectivity index (χ0n) is 22.9. The predicted octanol–water partition coefficient (Wildman–Crippen LogP) is 4.35. The summed E-state index contributed by atoms with van der Waals surface area (Å²) in [6.45, 7) is 3.07. The molecule has 3 aromatic carbocycles. The first kappa shape index (κ1) is 30.1. The van der Waals surface area contributed by atoms with Crippen molar-refractivity contribution in [1.29, 1.82) is 0 Å². The summed E-state index contributed by atoms with van der Waals surface area (Å²) in [6, 6.07) is 28.6. The van der Waals surface area contributed by atoms with Gasteiger partial charge in [-0.3, -0.25) is 19.2 Å². The molecule has 3 amide bonds. The quantitative estimate of drug-likeness (QED) is 0.307. The number of carbonyl (C=O) groups is 4. The first-order valence-electron chi connectivity index (χ1n) is 13.5. The van der Waals surface area contributed by atoms with Gasteiger partial charge in [0, 0.05) is 59.0 Å². The molecular formula is C32H37N3O5. The average Bonchev–Trinajstić information content (AvgIpc) is 2.96. The van der Waals surface area contributed by atoms with Crippen molar-refractivity contribution in [2.75, 3.05) is 19.6 Å². The zero-order valence-corrected chi connectivity index (χ0v) is 22.9. The second kappa shape index (κ2) is 15.8. The van der Waals surface area contributed by atoms with E-state index in [0.29, 0.717) is 19.6 Å². The van der Waals surface area contributed by atoms with Crippen molar-refractivity contribution in [3.05, 3.63) is 108 Å². The molecule has 0 saturated carbocycles. The Morgan fingerprint density at radius 3 is 1.20 bits per heavy atom. The van der Waals surface area contributed by atoms with Gasteiger partial charge in [-0.2, -0.15) is 0 Å². The summed E-state index contributed by atoms with van der Waals surface area (Å²) in [5.41, 5.74) is 2.82. The first-order valence-corrected chi connectivity index (χ1v) is 13.5. The van der Waals surface area contributed by atoms with Crippen molar-refractivity contribution in [2.24, 2.45) is 0 Å². The lowest BCUT2D eigenvalue weighted by Gasteiger charge is -2.27. The molecule has 0 radical (unpaired) electrons. The van der Waals surface area contributed by atoms with Gasteiger partial charge in [-0.1, -0.05) is 91.0 Å². The van der Waals surface area contributed by atoms with Gasteiger partial charge in [-0.25, -0.2) is 0 Å².